The van der Waals surface area contributed by atoms with Crippen LogP contribution in [0, 0.1) is 5.92 Å². The second-order valence-electron chi connectivity index (χ2n) is 6.42. The Bertz CT molecular complexity index is 602. The van der Waals surface area contributed by atoms with E-state index in [2.05, 4.69) is 5.32 Å². The van der Waals surface area contributed by atoms with Crippen LogP contribution < -0.4 is 5.32 Å². The van der Waals surface area contributed by atoms with E-state index in [4.69, 9.17) is 0 Å². The molecular formula is C18H25N3O3. The van der Waals surface area contributed by atoms with Crippen LogP contribution in [0.1, 0.15) is 26.3 Å². The highest BCUT2D eigenvalue weighted by Crippen LogP contribution is 2.12. The van der Waals surface area contributed by atoms with E-state index < -0.39 is 0 Å². The Morgan fingerprint density at radius 3 is 2.04 bits per heavy atom. The summed E-state index contributed by atoms with van der Waals surface area (Å²) in [4.78, 5) is 39.0. The van der Waals surface area contributed by atoms with Crippen LogP contribution in [-0.4, -0.2) is 53.7 Å². The highest BCUT2D eigenvalue weighted by atomic mass is 16.2. The number of benzene rings is 1. The lowest BCUT2D eigenvalue weighted by Gasteiger charge is -2.35. The van der Waals surface area contributed by atoms with Crippen LogP contribution in [-0.2, 0) is 20.8 Å². The predicted octanol–water partition coefficient (Wildman–Crippen LogP) is 1.51. The molecule has 0 aromatic heterocycles. The van der Waals surface area contributed by atoms with Gasteiger partial charge in [-0.3, -0.25) is 14.4 Å². The van der Waals surface area contributed by atoms with Crippen molar-refractivity contribution in [3.8, 4) is 0 Å². The molecule has 0 radical (unpaired) electrons. The minimum Gasteiger partial charge on any atom is -0.339 e. The molecule has 130 valence electrons. The van der Waals surface area contributed by atoms with Gasteiger partial charge < -0.3 is 15.1 Å². The molecule has 0 atom stereocenters. The Morgan fingerprint density at radius 2 is 1.54 bits per heavy atom. The van der Waals surface area contributed by atoms with Crippen molar-refractivity contribution >= 4 is 23.4 Å². The van der Waals surface area contributed by atoms with Gasteiger partial charge in [0.15, 0.2) is 0 Å². The van der Waals surface area contributed by atoms with E-state index in [1.54, 1.807) is 12.1 Å². The van der Waals surface area contributed by atoms with E-state index in [9.17, 15) is 14.4 Å². The minimum absolute atomic E-state index is 0.00521. The Kier molecular flexibility index (Phi) is 5.95. The molecular weight excluding hydrogens is 306 g/mol. The van der Waals surface area contributed by atoms with Gasteiger partial charge in [0.25, 0.3) is 0 Å². The zero-order chi connectivity index (χ0) is 17.7. The van der Waals surface area contributed by atoms with E-state index in [1.165, 1.54) is 6.92 Å². The largest absolute Gasteiger partial charge is 0.339 e. The molecule has 1 N–H and O–H groups in total. The van der Waals surface area contributed by atoms with Gasteiger partial charge in [-0.25, -0.2) is 0 Å². The lowest BCUT2D eigenvalue weighted by atomic mass is 10.1. The molecule has 6 nitrogen and oxygen atoms in total. The van der Waals surface area contributed by atoms with E-state index in [-0.39, 0.29) is 23.6 Å². The number of nitrogens with zero attached hydrogens (tertiary/aromatic N) is 2. The third-order valence-electron chi connectivity index (χ3n) is 4.07. The zero-order valence-corrected chi connectivity index (χ0v) is 14.5. The van der Waals surface area contributed by atoms with E-state index in [0.717, 1.165) is 11.3 Å². The number of carbonyl (C=O) groups excluding carboxylic acids is 3. The second-order valence-corrected chi connectivity index (χ2v) is 6.42. The third-order valence-corrected chi connectivity index (χ3v) is 4.07. The van der Waals surface area contributed by atoms with Crippen molar-refractivity contribution in [2.45, 2.75) is 27.2 Å². The van der Waals surface area contributed by atoms with Gasteiger partial charge in [-0.05, 0) is 17.7 Å². The highest BCUT2D eigenvalue weighted by Gasteiger charge is 2.25. The van der Waals surface area contributed by atoms with Crippen LogP contribution in [0.25, 0.3) is 0 Å². The van der Waals surface area contributed by atoms with Crippen molar-refractivity contribution in [3.05, 3.63) is 29.8 Å². The summed E-state index contributed by atoms with van der Waals surface area (Å²) in [6, 6.07) is 7.29. The van der Waals surface area contributed by atoms with Gasteiger partial charge in [0.1, 0.15) is 0 Å². The minimum atomic E-state index is -0.118. The number of piperazine rings is 1. The first-order valence-electron chi connectivity index (χ1n) is 8.30. The highest BCUT2D eigenvalue weighted by molar-refractivity contribution is 5.88. The van der Waals surface area contributed by atoms with Crippen LogP contribution in [0.3, 0.4) is 0 Å². The molecule has 0 spiro atoms. The summed E-state index contributed by atoms with van der Waals surface area (Å²) in [6.07, 6.45) is 0.332. The van der Waals surface area contributed by atoms with Gasteiger partial charge in [0, 0.05) is 44.7 Å². The molecule has 1 aromatic rings. The molecule has 0 unspecified atom stereocenters. The predicted molar refractivity (Wildman–Crippen MR) is 92.4 cm³/mol. The van der Waals surface area contributed by atoms with Gasteiger partial charge >= 0.3 is 0 Å². The fraction of sp³-hybridized carbons (Fsp3) is 0.500. The molecule has 0 saturated carbocycles. The maximum absolute atomic E-state index is 12.4. The van der Waals surface area contributed by atoms with Crippen molar-refractivity contribution in [1.82, 2.24) is 9.80 Å². The van der Waals surface area contributed by atoms with Gasteiger partial charge in [-0.15, -0.1) is 0 Å². The average Bonchev–Trinajstić information content (AvgIpc) is 2.55. The first-order chi connectivity index (χ1) is 11.4. The summed E-state index contributed by atoms with van der Waals surface area (Å²) >= 11 is 0. The van der Waals surface area contributed by atoms with Gasteiger partial charge in [-0.1, -0.05) is 26.0 Å². The summed E-state index contributed by atoms with van der Waals surface area (Å²) in [5.41, 5.74) is 1.63. The second kappa shape index (κ2) is 7.95. The summed E-state index contributed by atoms with van der Waals surface area (Å²) in [5, 5.41) is 2.70. The molecule has 1 aromatic carbocycles. The van der Waals surface area contributed by atoms with Gasteiger partial charge in [-0.2, -0.15) is 0 Å². The Morgan fingerprint density at radius 1 is 1.00 bits per heavy atom. The van der Waals surface area contributed by atoms with Crippen LogP contribution >= 0.6 is 0 Å². The number of hydrogen-bond acceptors (Lipinski definition) is 3. The Balaban J connectivity index is 1.85. The molecule has 24 heavy (non-hydrogen) atoms. The summed E-state index contributed by atoms with van der Waals surface area (Å²) in [6.45, 7) is 7.62. The lowest BCUT2D eigenvalue weighted by molar-refractivity contribution is -0.141. The fourth-order valence-corrected chi connectivity index (χ4v) is 2.74. The van der Waals surface area contributed by atoms with Crippen molar-refractivity contribution in [2.24, 2.45) is 5.92 Å². The molecule has 1 aliphatic rings. The number of amides is 3. The molecule has 1 heterocycles. The summed E-state index contributed by atoms with van der Waals surface area (Å²) in [5.74, 6) is 0.0941. The number of anilines is 1. The maximum atomic E-state index is 12.4. The fourth-order valence-electron chi connectivity index (χ4n) is 2.74. The SMILES string of the molecule is CC(=O)Nc1ccc(CC(=O)N2CCN(C(=O)C(C)C)CC2)cc1. The number of hydrogen-bond donors (Lipinski definition) is 1. The van der Waals surface area contributed by atoms with Crippen LogP contribution in [0.15, 0.2) is 24.3 Å². The van der Waals surface area contributed by atoms with Crippen LogP contribution in [0.4, 0.5) is 5.69 Å². The zero-order valence-electron chi connectivity index (χ0n) is 14.5. The number of nitrogens with one attached hydrogen (secondary N) is 1. The van der Waals surface area contributed by atoms with Crippen LogP contribution in [0.2, 0.25) is 0 Å². The smallest absolute Gasteiger partial charge is 0.227 e. The van der Waals surface area contributed by atoms with Crippen molar-refractivity contribution in [3.63, 3.8) is 0 Å². The van der Waals surface area contributed by atoms with Crippen molar-refractivity contribution in [2.75, 3.05) is 31.5 Å². The number of carbonyl (C=O) groups is 3. The normalized spacial score (nSPS) is 14.7. The van der Waals surface area contributed by atoms with Crippen molar-refractivity contribution < 1.29 is 14.4 Å². The first-order valence-corrected chi connectivity index (χ1v) is 8.30. The molecule has 2 rings (SSSR count). The third kappa shape index (κ3) is 4.81. The molecule has 1 saturated heterocycles. The molecule has 0 bridgehead atoms. The Hall–Kier alpha value is -2.37. The molecule has 1 aliphatic heterocycles. The first kappa shape index (κ1) is 18.0. The summed E-state index contributed by atoms with van der Waals surface area (Å²) < 4.78 is 0. The summed E-state index contributed by atoms with van der Waals surface area (Å²) in [7, 11) is 0. The number of rotatable bonds is 4. The van der Waals surface area contributed by atoms with E-state index >= 15 is 0 Å². The average molecular weight is 331 g/mol. The van der Waals surface area contributed by atoms with Gasteiger partial charge in [0.2, 0.25) is 17.7 Å². The van der Waals surface area contributed by atoms with Crippen LogP contribution in [0.5, 0.6) is 0 Å². The van der Waals surface area contributed by atoms with Gasteiger partial charge in [0.05, 0.1) is 6.42 Å². The molecule has 3 amide bonds. The van der Waals surface area contributed by atoms with E-state index in [0.29, 0.717) is 32.6 Å². The topological polar surface area (TPSA) is 69.7 Å². The molecule has 1 fully saturated rings. The quantitative estimate of drug-likeness (QED) is 0.909. The lowest BCUT2D eigenvalue weighted by Crippen LogP contribution is -2.51. The monoisotopic (exact) mass is 331 g/mol. The molecule has 6 heteroatoms. The van der Waals surface area contributed by atoms with Crippen molar-refractivity contribution in [1.29, 1.82) is 0 Å². The standard InChI is InChI=1S/C18H25N3O3/c1-13(2)18(24)21-10-8-20(9-11-21)17(23)12-15-4-6-16(7-5-15)19-14(3)22/h4-7,13H,8-12H2,1-3H3,(H,19,22). The Labute approximate surface area is 142 Å². The maximum Gasteiger partial charge on any atom is 0.227 e. The molecule has 0 aliphatic carbocycles. The van der Waals surface area contributed by atoms with E-state index in [1.807, 2.05) is 35.8 Å².